The summed E-state index contributed by atoms with van der Waals surface area (Å²) < 4.78 is 55.7. The zero-order valence-electron chi connectivity index (χ0n) is 26.1. The van der Waals surface area contributed by atoms with Crippen molar-refractivity contribution in [2.75, 3.05) is 29.7 Å². The van der Waals surface area contributed by atoms with E-state index < -0.39 is 39.7 Å². The number of sulfonamides is 1. The number of carbonyl (C=O) groups is 2. The number of benzene rings is 2. The molecule has 252 valence electrons. The van der Waals surface area contributed by atoms with E-state index in [1.807, 2.05) is 12.3 Å². The Balaban J connectivity index is 1.35. The molecule has 3 aromatic rings. The first-order chi connectivity index (χ1) is 22.5. The van der Waals surface area contributed by atoms with Crippen LogP contribution in [0.3, 0.4) is 0 Å². The molecule has 4 heterocycles. The van der Waals surface area contributed by atoms with Gasteiger partial charge in [0.15, 0.2) is 0 Å². The van der Waals surface area contributed by atoms with Crippen molar-refractivity contribution < 1.29 is 31.9 Å². The predicted octanol–water partition coefficient (Wildman–Crippen LogP) is 4.09. The standard InChI is InChI=1S/C33H39F2N5O5S2/c1-20-19-46-32(37-20)29-7-5-9-39(29)33(43)23-15-22(16-26(17-23)40-10-2-3-11-47(40,44)45)31(42)38-28(30(41)27-6-4-8-36-27)14-21-12-24(34)18-25(35)13-21/h12-13,15-19,27-30,36,41H,2-11,14H2,1H3,(H,38,42)/t27-,28+,29-,30-/m1/s1. The number of hydrogen-bond acceptors (Lipinski definition) is 8. The first-order valence-electron chi connectivity index (χ1n) is 16.0. The van der Waals surface area contributed by atoms with Crippen molar-refractivity contribution in [3.05, 3.63) is 80.8 Å². The van der Waals surface area contributed by atoms with Gasteiger partial charge in [0.25, 0.3) is 11.8 Å². The molecule has 3 aliphatic rings. The molecule has 6 rings (SSSR count). The molecule has 2 aromatic carbocycles. The second-order valence-electron chi connectivity index (χ2n) is 12.6. The molecule has 1 aromatic heterocycles. The van der Waals surface area contributed by atoms with Crippen LogP contribution < -0.4 is 14.9 Å². The van der Waals surface area contributed by atoms with E-state index in [1.165, 1.54) is 33.8 Å². The van der Waals surface area contributed by atoms with Gasteiger partial charge in [0, 0.05) is 47.4 Å². The summed E-state index contributed by atoms with van der Waals surface area (Å²) >= 11 is 1.49. The van der Waals surface area contributed by atoms with Crippen LogP contribution in [-0.2, 0) is 16.4 Å². The van der Waals surface area contributed by atoms with Gasteiger partial charge in [0.05, 0.1) is 29.6 Å². The number of nitrogens with zero attached hydrogens (tertiary/aromatic N) is 3. The quantitative estimate of drug-likeness (QED) is 0.309. The van der Waals surface area contributed by atoms with Crippen LogP contribution in [-0.4, -0.2) is 78.8 Å². The number of halogens is 2. The second-order valence-corrected chi connectivity index (χ2v) is 15.5. The maximum absolute atomic E-state index is 14.1. The number of aliphatic hydroxyl groups excluding tert-OH is 1. The molecule has 4 atom stereocenters. The lowest BCUT2D eigenvalue weighted by molar-refractivity contribution is 0.0733. The van der Waals surface area contributed by atoms with Gasteiger partial charge in [-0.1, -0.05) is 0 Å². The summed E-state index contributed by atoms with van der Waals surface area (Å²) in [6.45, 7) is 3.29. The number of likely N-dealkylation sites (tertiary alicyclic amines) is 1. The number of rotatable bonds is 9. The third kappa shape index (κ3) is 7.50. The van der Waals surface area contributed by atoms with E-state index >= 15 is 0 Å². The molecule has 3 saturated heterocycles. The molecule has 3 N–H and O–H groups in total. The van der Waals surface area contributed by atoms with Crippen molar-refractivity contribution in [1.29, 1.82) is 0 Å². The van der Waals surface area contributed by atoms with E-state index in [-0.39, 0.29) is 59.1 Å². The van der Waals surface area contributed by atoms with Crippen LogP contribution >= 0.6 is 11.3 Å². The molecule has 14 heteroatoms. The van der Waals surface area contributed by atoms with E-state index in [2.05, 4.69) is 15.6 Å². The Morgan fingerprint density at radius 1 is 1.04 bits per heavy atom. The molecule has 0 saturated carbocycles. The summed E-state index contributed by atoms with van der Waals surface area (Å²) in [5, 5.41) is 20.2. The summed E-state index contributed by atoms with van der Waals surface area (Å²) in [7, 11) is -3.68. The van der Waals surface area contributed by atoms with Gasteiger partial charge in [-0.3, -0.25) is 13.9 Å². The number of anilines is 1. The molecule has 0 aliphatic carbocycles. The Bertz CT molecular complexity index is 1730. The van der Waals surface area contributed by atoms with E-state index in [9.17, 15) is 31.9 Å². The minimum atomic E-state index is -3.68. The fourth-order valence-corrected chi connectivity index (χ4v) is 9.39. The highest BCUT2D eigenvalue weighted by Crippen LogP contribution is 2.36. The number of aliphatic hydroxyl groups is 1. The predicted molar refractivity (Wildman–Crippen MR) is 175 cm³/mol. The van der Waals surface area contributed by atoms with Gasteiger partial charge < -0.3 is 20.6 Å². The van der Waals surface area contributed by atoms with Gasteiger partial charge in [-0.2, -0.15) is 0 Å². The smallest absolute Gasteiger partial charge is 0.254 e. The Morgan fingerprint density at radius 2 is 1.81 bits per heavy atom. The number of carbonyl (C=O) groups excluding carboxylic acids is 2. The van der Waals surface area contributed by atoms with Crippen LogP contribution in [0.2, 0.25) is 0 Å². The Morgan fingerprint density at radius 3 is 2.49 bits per heavy atom. The van der Waals surface area contributed by atoms with E-state index in [0.717, 1.165) is 48.2 Å². The lowest BCUT2D eigenvalue weighted by atomic mass is 9.94. The monoisotopic (exact) mass is 687 g/mol. The molecular formula is C33H39F2N5O5S2. The van der Waals surface area contributed by atoms with Gasteiger partial charge in [0.1, 0.15) is 16.6 Å². The van der Waals surface area contributed by atoms with E-state index in [0.29, 0.717) is 32.4 Å². The average molecular weight is 688 g/mol. The highest BCUT2D eigenvalue weighted by molar-refractivity contribution is 7.92. The van der Waals surface area contributed by atoms with E-state index in [1.54, 1.807) is 4.90 Å². The first kappa shape index (κ1) is 33.4. The number of aromatic nitrogens is 1. The fraction of sp³-hybridized carbons (Fsp3) is 0.485. The SMILES string of the molecule is Cc1csc([C@H]2CCCN2C(=O)c2cc(C(=O)N[C@@H](Cc3cc(F)cc(F)c3)[C@H](O)[C@H]3CCCN3)cc(N3CCCCS3(=O)=O)c2)n1. The summed E-state index contributed by atoms with van der Waals surface area (Å²) in [6, 6.07) is 5.96. The lowest BCUT2D eigenvalue weighted by Gasteiger charge is -2.30. The van der Waals surface area contributed by atoms with Crippen molar-refractivity contribution in [2.24, 2.45) is 0 Å². The molecule has 2 amide bonds. The Hall–Kier alpha value is -3.46. The summed E-state index contributed by atoms with van der Waals surface area (Å²) in [5.74, 6) is -2.58. The Labute approximate surface area is 277 Å². The largest absolute Gasteiger partial charge is 0.389 e. The topological polar surface area (TPSA) is 132 Å². The third-order valence-corrected chi connectivity index (χ3v) is 12.1. The number of hydrogen-bond donors (Lipinski definition) is 3. The Kier molecular flexibility index (Phi) is 9.93. The minimum Gasteiger partial charge on any atom is -0.389 e. The fourth-order valence-electron chi connectivity index (χ4n) is 6.82. The zero-order valence-corrected chi connectivity index (χ0v) is 27.8. The van der Waals surface area contributed by atoms with Gasteiger partial charge in [-0.25, -0.2) is 22.2 Å². The maximum atomic E-state index is 14.1. The number of thiazole rings is 1. The lowest BCUT2D eigenvalue weighted by Crippen LogP contribution is -2.52. The van der Waals surface area contributed by atoms with Crippen molar-refractivity contribution in [1.82, 2.24) is 20.5 Å². The maximum Gasteiger partial charge on any atom is 0.254 e. The van der Waals surface area contributed by atoms with Crippen molar-refractivity contribution >= 4 is 38.9 Å². The van der Waals surface area contributed by atoms with Crippen molar-refractivity contribution in [2.45, 2.75) is 76.1 Å². The number of nitrogens with one attached hydrogen (secondary N) is 2. The third-order valence-electron chi connectivity index (χ3n) is 9.12. The molecule has 0 spiro atoms. The highest BCUT2D eigenvalue weighted by Gasteiger charge is 2.35. The molecule has 3 fully saturated rings. The molecule has 0 bridgehead atoms. The summed E-state index contributed by atoms with van der Waals surface area (Å²) in [4.78, 5) is 34.4. The van der Waals surface area contributed by atoms with Crippen LogP contribution in [0, 0.1) is 18.6 Å². The first-order valence-corrected chi connectivity index (χ1v) is 18.5. The molecule has 10 nitrogen and oxygen atoms in total. The van der Waals surface area contributed by atoms with Crippen LogP contribution in [0.25, 0.3) is 0 Å². The normalized spacial score (nSPS) is 22.3. The summed E-state index contributed by atoms with van der Waals surface area (Å²) in [6.07, 6.45) is 2.99. The van der Waals surface area contributed by atoms with Gasteiger partial charge in [0.2, 0.25) is 10.0 Å². The zero-order chi connectivity index (χ0) is 33.3. The van der Waals surface area contributed by atoms with Gasteiger partial charge in [-0.05, 0) is 94.3 Å². The highest BCUT2D eigenvalue weighted by atomic mass is 32.2. The number of aryl methyl sites for hydroxylation is 1. The molecule has 47 heavy (non-hydrogen) atoms. The molecular weight excluding hydrogens is 649 g/mol. The van der Waals surface area contributed by atoms with Gasteiger partial charge in [-0.15, -0.1) is 11.3 Å². The van der Waals surface area contributed by atoms with Crippen molar-refractivity contribution in [3.8, 4) is 0 Å². The summed E-state index contributed by atoms with van der Waals surface area (Å²) in [5.41, 5.74) is 1.53. The van der Waals surface area contributed by atoms with Crippen molar-refractivity contribution in [3.63, 3.8) is 0 Å². The van der Waals surface area contributed by atoms with Crippen LogP contribution in [0.5, 0.6) is 0 Å². The molecule has 3 aliphatic heterocycles. The molecule has 0 unspecified atom stereocenters. The van der Waals surface area contributed by atoms with Gasteiger partial charge >= 0.3 is 0 Å². The van der Waals surface area contributed by atoms with Crippen LogP contribution in [0.4, 0.5) is 14.5 Å². The molecule has 0 radical (unpaired) electrons. The number of amides is 2. The second kappa shape index (κ2) is 14.0. The average Bonchev–Trinajstić information content (AvgIpc) is 3.81. The van der Waals surface area contributed by atoms with E-state index in [4.69, 9.17) is 0 Å². The van der Waals surface area contributed by atoms with Crippen LogP contribution in [0.15, 0.2) is 41.8 Å². The minimum absolute atomic E-state index is 0.0365. The van der Waals surface area contributed by atoms with Crippen LogP contribution in [0.1, 0.15) is 81.5 Å².